The molecule has 134 valence electrons. The smallest absolute Gasteiger partial charge is 0.416 e. The maximum absolute atomic E-state index is 12.7. The molecule has 3 rings (SSSR count). The van der Waals surface area contributed by atoms with Gasteiger partial charge in [-0.2, -0.15) is 13.2 Å². The SMILES string of the molecule is O=S(=O)(Cc1cccc(C(F)(F)F)c1)NCc1ccc2c(c1)OCO2. The lowest BCUT2D eigenvalue weighted by Crippen LogP contribution is -2.24. The summed E-state index contributed by atoms with van der Waals surface area (Å²) in [6, 6.07) is 9.25. The van der Waals surface area contributed by atoms with E-state index >= 15 is 0 Å². The van der Waals surface area contributed by atoms with E-state index in [2.05, 4.69) is 4.72 Å². The van der Waals surface area contributed by atoms with Crippen molar-refractivity contribution in [3.63, 3.8) is 0 Å². The fraction of sp³-hybridized carbons (Fsp3) is 0.250. The van der Waals surface area contributed by atoms with Crippen LogP contribution in [0.4, 0.5) is 13.2 Å². The molecule has 0 atom stereocenters. The molecular weight excluding hydrogens is 359 g/mol. The van der Waals surface area contributed by atoms with Crippen molar-refractivity contribution in [3.8, 4) is 11.5 Å². The summed E-state index contributed by atoms with van der Waals surface area (Å²) in [5.74, 6) is 0.562. The summed E-state index contributed by atoms with van der Waals surface area (Å²) in [7, 11) is -3.80. The second-order valence-electron chi connectivity index (χ2n) is 5.47. The van der Waals surface area contributed by atoms with Crippen molar-refractivity contribution in [1.82, 2.24) is 4.72 Å². The number of benzene rings is 2. The fourth-order valence-corrected chi connectivity index (χ4v) is 3.46. The standard InChI is InChI=1S/C16H14F3NO4S/c17-16(18,19)13-3-1-2-12(6-13)9-25(21,22)20-8-11-4-5-14-15(7-11)24-10-23-14/h1-7,20H,8-10H2. The summed E-state index contributed by atoms with van der Waals surface area (Å²) in [5, 5.41) is 0. The van der Waals surface area contributed by atoms with Gasteiger partial charge in [-0.05, 0) is 29.3 Å². The third-order valence-electron chi connectivity index (χ3n) is 3.54. The molecule has 0 unspecified atom stereocenters. The molecule has 25 heavy (non-hydrogen) atoms. The van der Waals surface area contributed by atoms with Gasteiger partial charge in [-0.3, -0.25) is 0 Å². The van der Waals surface area contributed by atoms with E-state index in [0.717, 1.165) is 12.1 Å². The van der Waals surface area contributed by atoms with Gasteiger partial charge in [0, 0.05) is 6.54 Å². The molecule has 1 heterocycles. The Morgan fingerprint density at radius 3 is 2.52 bits per heavy atom. The van der Waals surface area contributed by atoms with Gasteiger partial charge in [0.25, 0.3) is 0 Å². The molecule has 1 N–H and O–H groups in total. The van der Waals surface area contributed by atoms with Crippen molar-refractivity contribution in [2.75, 3.05) is 6.79 Å². The summed E-state index contributed by atoms with van der Waals surface area (Å²) >= 11 is 0. The summed E-state index contributed by atoms with van der Waals surface area (Å²) in [6.07, 6.45) is -4.51. The van der Waals surface area contributed by atoms with Crippen LogP contribution in [0.3, 0.4) is 0 Å². The van der Waals surface area contributed by atoms with Crippen molar-refractivity contribution in [3.05, 3.63) is 59.2 Å². The summed E-state index contributed by atoms with van der Waals surface area (Å²) in [6.45, 7) is 0.109. The Morgan fingerprint density at radius 1 is 1.00 bits per heavy atom. The molecular formula is C16H14F3NO4S. The quantitative estimate of drug-likeness (QED) is 0.875. The van der Waals surface area contributed by atoms with Crippen LogP contribution in [0.25, 0.3) is 0 Å². The lowest BCUT2D eigenvalue weighted by molar-refractivity contribution is -0.137. The minimum absolute atomic E-state index is 0.00205. The number of nitrogens with one attached hydrogen (secondary N) is 1. The molecule has 1 aliphatic rings. The van der Waals surface area contributed by atoms with Gasteiger partial charge in [-0.1, -0.05) is 24.3 Å². The molecule has 9 heteroatoms. The molecule has 5 nitrogen and oxygen atoms in total. The lowest BCUT2D eigenvalue weighted by atomic mass is 10.1. The highest BCUT2D eigenvalue weighted by Crippen LogP contribution is 2.32. The average Bonchev–Trinajstić information content (AvgIpc) is 3.00. The van der Waals surface area contributed by atoms with E-state index in [1.165, 1.54) is 12.1 Å². The zero-order valence-corrected chi connectivity index (χ0v) is 13.7. The van der Waals surface area contributed by atoms with Gasteiger partial charge in [0.2, 0.25) is 16.8 Å². The van der Waals surface area contributed by atoms with Crippen LogP contribution < -0.4 is 14.2 Å². The Balaban J connectivity index is 1.66. The Bertz CT molecular complexity index is 881. The van der Waals surface area contributed by atoms with Crippen molar-refractivity contribution in [1.29, 1.82) is 0 Å². The van der Waals surface area contributed by atoms with Gasteiger partial charge < -0.3 is 9.47 Å². The van der Waals surface area contributed by atoms with Crippen LogP contribution >= 0.6 is 0 Å². The molecule has 1 aliphatic heterocycles. The van der Waals surface area contributed by atoms with Gasteiger partial charge in [-0.15, -0.1) is 0 Å². The summed E-state index contributed by atoms with van der Waals surface area (Å²) in [5.41, 5.74) is -0.166. The molecule has 0 saturated carbocycles. The summed E-state index contributed by atoms with van der Waals surface area (Å²) in [4.78, 5) is 0. The van der Waals surface area contributed by atoms with Crippen molar-refractivity contribution in [2.45, 2.75) is 18.5 Å². The van der Waals surface area contributed by atoms with Gasteiger partial charge in [0.15, 0.2) is 11.5 Å². The Labute approximate surface area is 142 Å². The largest absolute Gasteiger partial charge is 0.454 e. The van der Waals surface area contributed by atoms with E-state index in [0.29, 0.717) is 17.1 Å². The second-order valence-corrected chi connectivity index (χ2v) is 7.27. The van der Waals surface area contributed by atoms with Crippen LogP contribution in [0.15, 0.2) is 42.5 Å². The first-order valence-electron chi connectivity index (χ1n) is 7.25. The molecule has 0 aliphatic carbocycles. The Kier molecular flexibility index (Phi) is 4.61. The molecule has 0 fully saturated rings. The Morgan fingerprint density at radius 2 is 1.76 bits per heavy atom. The maximum atomic E-state index is 12.7. The molecule has 0 amide bonds. The predicted octanol–water partition coefficient (Wildman–Crippen LogP) is 3.05. The third kappa shape index (κ3) is 4.43. The molecule has 2 aromatic rings. The molecule has 2 aromatic carbocycles. The highest BCUT2D eigenvalue weighted by molar-refractivity contribution is 7.88. The number of rotatable bonds is 5. The van der Waals surface area contributed by atoms with E-state index in [-0.39, 0.29) is 18.9 Å². The number of alkyl halides is 3. The van der Waals surface area contributed by atoms with E-state index in [4.69, 9.17) is 9.47 Å². The van der Waals surface area contributed by atoms with E-state index in [1.807, 2.05) is 0 Å². The number of ether oxygens (including phenoxy) is 2. The van der Waals surface area contributed by atoms with Crippen LogP contribution in [-0.4, -0.2) is 15.2 Å². The fourth-order valence-electron chi connectivity index (χ4n) is 2.35. The van der Waals surface area contributed by atoms with Crippen LogP contribution in [0.2, 0.25) is 0 Å². The minimum Gasteiger partial charge on any atom is -0.454 e. The van der Waals surface area contributed by atoms with Crippen molar-refractivity contribution in [2.24, 2.45) is 0 Å². The highest BCUT2D eigenvalue weighted by Gasteiger charge is 2.30. The molecule has 0 radical (unpaired) electrons. The number of halogens is 3. The summed E-state index contributed by atoms with van der Waals surface area (Å²) < 4.78 is 75.1. The van der Waals surface area contributed by atoms with Crippen LogP contribution in [0.1, 0.15) is 16.7 Å². The zero-order valence-electron chi connectivity index (χ0n) is 12.8. The minimum atomic E-state index is -4.51. The van der Waals surface area contributed by atoms with Crippen molar-refractivity contribution < 1.29 is 31.1 Å². The van der Waals surface area contributed by atoms with E-state index in [9.17, 15) is 21.6 Å². The van der Waals surface area contributed by atoms with Crippen molar-refractivity contribution >= 4 is 10.0 Å². The van der Waals surface area contributed by atoms with Gasteiger partial charge in [0.05, 0.1) is 11.3 Å². The number of fused-ring (bicyclic) bond motifs is 1. The molecule has 0 bridgehead atoms. The zero-order chi connectivity index (χ0) is 18.1. The first-order valence-corrected chi connectivity index (χ1v) is 8.90. The van der Waals surface area contributed by atoms with E-state index in [1.54, 1.807) is 18.2 Å². The third-order valence-corrected chi connectivity index (χ3v) is 4.84. The first-order chi connectivity index (χ1) is 11.7. The average molecular weight is 373 g/mol. The number of sulfonamides is 1. The number of hydrogen-bond donors (Lipinski definition) is 1. The number of hydrogen-bond acceptors (Lipinski definition) is 4. The van der Waals surface area contributed by atoms with Gasteiger partial charge in [-0.25, -0.2) is 13.1 Å². The van der Waals surface area contributed by atoms with Crippen LogP contribution in [0.5, 0.6) is 11.5 Å². The van der Waals surface area contributed by atoms with Gasteiger partial charge in [0.1, 0.15) is 0 Å². The van der Waals surface area contributed by atoms with Gasteiger partial charge >= 0.3 is 6.18 Å². The topological polar surface area (TPSA) is 64.6 Å². The Hall–Kier alpha value is -2.26. The first kappa shape index (κ1) is 17.6. The normalized spacial score (nSPS) is 13.9. The monoisotopic (exact) mass is 373 g/mol. The second kappa shape index (κ2) is 6.57. The van der Waals surface area contributed by atoms with E-state index < -0.39 is 27.5 Å². The van der Waals surface area contributed by atoms with Crippen LogP contribution in [-0.2, 0) is 28.5 Å². The molecule has 0 spiro atoms. The molecule has 0 aromatic heterocycles. The lowest BCUT2D eigenvalue weighted by Gasteiger charge is -2.10. The molecule has 0 saturated heterocycles. The van der Waals surface area contributed by atoms with Crippen LogP contribution in [0, 0.1) is 0 Å². The highest BCUT2D eigenvalue weighted by atomic mass is 32.2. The maximum Gasteiger partial charge on any atom is 0.416 e. The predicted molar refractivity (Wildman–Crippen MR) is 83.5 cm³/mol.